The third kappa shape index (κ3) is 2.36. The van der Waals surface area contributed by atoms with E-state index in [1.54, 1.807) is 18.9 Å². The molecule has 1 aromatic carbocycles. The molecule has 5 nitrogen and oxygen atoms in total. The molecule has 5 heteroatoms. The van der Waals surface area contributed by atoms with Gasteiger partial charge in [0, 0.05) is 19.7 Å². The fourth-order valence-corrected chi connectivity index (χ4v) is 1.81. The molecule has 96 valence electrons. The van der Waals surface area contributed by atoms with Crippen molar-refractivity contribution in [3.05, 3.63) is 29.6 Å². The lowest BCUT2D eigenvalue weighted by Gasteiger charge is -2.04. The van der Waals surface area contributed by atoms with Gasteiger partial charge >= 0.3 is 0 Å². The van der Waals surface area contributed by atoms with Gasteiger partial charge in [0.1, 0.15) is 12.4 Å². The van der Waals surface area contributed by atoms with Crippen molar-refractivity contribution in [1.29, 1.82) is 0 Å². The van der Waals surface area contributed by atoms with Crippen LogP contribution < -0.4 is 4.74 Å². The Balaban J connectivity index is 2.36. The van der Waals surface area contributed by atoms with E-state index >= 15 is 0 Å². The van der Waals surface area contributed by atoms with Crippen molar-refractivity contribution < 1.29 is 9.47 Å². The van der Waals surface area contributed by atoms with Crippen LogP contribution in [0.5, 0.6) is 5.75 Å². The van der Waals surface area contributed by atoms with E-state index in [4.69, 9.17) is 9.47 Å². The highest BCUT2D eigenvalue weighted by Crippen LogP contribution is 2.24. The first-order chi connectivity index (χ1) is 8.65. The molecule has 0 N–H and O–H groups in total. The van der Waals surface area contributed by atoms with E-state index in [0.717, 1.165) is 22.7 Å². The average Bonchev–Trinajstić information content (AvgIpc) is 2.71. The molecule has 2 aromatic rings. The Kier molecular flexibility index (Phi) is 3.62. The Hall–Kier alpha value is -1.88. The zero-order valence-electron chi connectivity index (χ0n) is 11.1. The van der Waals surface area contributed by atoms with Gasteiger partial charge in [-0.3, -0.25) is 4.68 Å². The molecule has 1 heterocycles. The number of aryl methyl sites for hydroxylation is 2. The van der Waals surface area contributed by atoms with E-state index in [-0.39, 0.29) is 0 Å². The molecule has 0 radical (unpaired) electrons. The number of ether oxygens (including phenoxy) is 2. The third-order valence-corrected chi connectivity index (χ3v) is 2.78. The summed E-state index contributed by atoms with van der Waals surface area (Å²) in [5.74, 6) is 2.38. The maximum Gasteiger partial charge on any atom is 0.181 e. The molecule has 0 saturated carbocycles. The topological polar surface area (TPSA) is 49.2 Å². The van der Waals surface area contributed by atoms with Gasteiger partial charge in [-0.05, 0) is 30.7 Å². The van der Waals surface area contributed by atoms with E-state index < -0.39 is 0 Å². The van der Waals surface area contributed by atoms with Crippen LogP contribution in [0.1, 0.15) is 11.4 Å². The predicted molar refractivity (Wildman–Crippen MR) is 68.4 cm³/mol. The van der Waals surface area contributed by atoms with E-state index in [1.165, 1.54) is 0 Å². The van der Waals surface area contributed by atoms with Gasteiger partial charge in [0.25, 0.3) is 0 Å². The van der Waals surface area contributed by atoms with E-state index in [0.29, 0.717) is 12.4 Å². The molecule has 0 fully saturated rings. The minimum Gasteiger partial charge on any atom is -0.496 e. The van der Waals surface area contributed by atoms with Crippen LogP contribution in [0, 0.1) is 6.92 Å². The zero-order chi connectivity index (χ0) is 13.1. The van der Waals surface area contributed by atoms with Crippen LogP contribution in [0.4, 0.5) is 0 Å². The summed E-state index contributed by atoms with van der Waals surface area (Å²) in [5, 5.41) is 4.38. The SMILES string of the molecule is COCc1nc(-c2ccc(OC)c(C)c2)nn1C. The summed E-state index contributed by atoms with van der Waals surface area (Å²) < 4.78 is 12.0. The molecule has 0 amide bonds. The minimum absolute atomic E-state index is 0.457. The second kappa shape index (κ2) is 5.18. The molecular formula is C13H17N3O2. The second-order valence-electron chi connectivity index (χ2n) is 4.09. The molecule has 0 aliphatic carbocycles. The molecule has 0 atom stereocenters. The first-order valence-electron chi connectivity index (χ1n) is 5.69. The van der Waals surface area contributed by atoms with Crippen molar-refractivity contribution in [3.8, 4) is 17.1 Å². The Morgan fingerprint density at radius 3 is 2.67 bits per heavy atom. The highest BCUT2D eigenvalue weighted by molar-refractivity contribution is 5.58. The molecule has 2 rings (SSSR count). The van der Waals surface area contributed by atoms with Gasteiger partial charge < -0.3 is 9.47 Å². The standard InChI is InChI=1S/C13H17N3O2/c1-9-7-10(5-6-11(9)18-4)13-14-12(8-17-3)16(2)15-13/h5-7H,8H2,1-4H3. The third-order valence-electron chi connectivity index (χ3n) is 2.78. The molecule has 0 aliphatic rings. The van der Waals surface area contributed by atoms with Gasteiger partial charge in [-0.15, -0.1) is 0 Å². The highest BCUT2D eigenvalue weighted by atomic mass is 16.5. The number of nitrogens with zero attached hydrogens (tertiary/aromatic N) is 3. The normalized spacial score (nSPS) is 10.7. The number of hydrogen-bond acceptors (Lipinski definition) is 4. The Morgan fingerprint density at radius 1 is 1.28 bits per heavy atom. The molecular weight excluding hydrogens is 230 g/mol. The van der Waals surface area contributed by atoms with Gasteiger partial charge in [0.05, 0.1) is 7.11 Å². The Morgan fingerprint density at radius 2 is 2.06 bits per heavy atom. The van der Waals surface area contributed by atoms with Crippen LogP contribution in [-0.2, 0) is 18.4 Å². The van der Waals surface area contributed by atoms with Crippen molar-refractivity contribution in [1.82, 2.24) is 14.8 Å². The highest BCUT2D eigenvalue weighted by Gasteiger charge is 2.10. The number of aromatic nitrogens is 3. The summed E-state index contributed by atoms with van der Waals surface area (Å²) in [6.45, 7) is 2.46. The van der Waals surface area contributed by atoms with Gasteiger partial charge in [0.2, 0.25) is 0 Å². The predicted octanol–water partition coefficient (Wildman–Crippen LogP) is 1.95. The summed E-state index contributed by atoms with van der Waals surface area (Å²) in [6, 6.07) is 5.90. The monoisotopic (exact) mass is 247 g/mol. The van der Waals surface area contributed by atoms with Crippen LogP contribution in [0.15, 0.2) is 18.2 Å². The smallest absolute Gasteiger partial charge is 0.181 e. The largest absolute Gasteiger partial charge is 0.496 e. The summed E-state index contributed by atoms with van der Waals surface area (Å²) in [4.78, 5) is 4.45. The van der Waals surface area contributed by atoms with E-state index in [9.17, 15) is 0 Å². The van der Waals surface area contributed by atoms with Crippen molar-refractivity contribution in [3.63, 3.8) is 0 Å². The molecule has 1 aromatic heterocycles. The maximum atomic E-state index is 5.24. The van der Waals surface area contributed by atoms with Gasteiger partial charge in [0.15, 0.2) is 11.6 Å². The molecule has 0 aliphatic heterocycles. The zero-order valence-corrected chi connectivity index (χ0v) is 11.1. The van der Waals surface area contributed by atoms with Crippen molar-refractivity contribution in [2.24, 2.45) is 7.05 Å². The average molecular weight is 247 g/mol. The van der Waals surface area contributed by atoms with Gasteiger partial charge in [-0.1, -0.05) is 0 Å². The van der Waals surface area contributed by atoms with Crippen LogP contribution in [0.25, 0.3) is 11.4 Å². The first-order valence-corrected chi connectivity index (χ1v) is 5.69. The lowest BCUT2D eigenvalue weighted by molar-refractivity contribution is 0.174. The van der Waals surface area contributed by atoms with Gasteiger partial charge in [-0.25, -0.2) is 4.98 Å². The van der Waals surface area contributed by atoms with Crippen LogP contribution in [0.3, 0.4) is 0 Å². The van der Waals surface area contributed by atoms with Crippen LogP contribution in [0.2, 0.25) is 0 Å². The number of methoxy groups -OCH3 is 2. The fraction of sp³-hybridized carbons (Fsp3) is 0.385. The first kappa shape index (κ1) is 12.6. The molecule has 0 spiro atoms. The lowest BCUT2D eigenvalue weighted by Crippen LogP contribution is -2.00. The number of benzene rings is 1. The summed E-state index contributed by atoms with van der Waals surface area (Å²) in [6.07, 6.45) is 0. The molecule has 0 bridgehead atoms. The molecule has 0 unspecified atom stereocenters. The summed E-state index contributed by atoms with van der Waals surface area (Å²) in [5.41, 5.74) is 2.04. The summed E-state index contributed by atoms with van der Waals surface area (Å²) in [7, 11) is 5.17. The van der Waals surface area contributed by atoms with Crippen molar-refractivity contribution in [2.45, 2.75) is 13.5 Å². The van der Waals surface area contributed by atoms with E-state index in [1.807, 2.05) is 32.2 Å². The molecule has 18 heavy (non-hydrogen) atoms. The number of hydrogen-bond donors (Lipinski definition) is 0. The lowest BCUT2D eigenvalue weighted by atomic mass is 10.1. The molecule has 0 saturated heterocycles. The maximum absolute atomic E-state index is 5.24. The van der Waals surface area contributed by atoms with E-state index in [2.05, 4.69) is 10.1 Å². The number of rotatable bonds is 4. The Bertz CT molecular complexity index is 549. The quantitative estimate of drug-likeness (QED) is 0.828. The van der Waals surface area contributed by atoms with Crippen LogP contribution in [-0.4, -0.2) is 29.0 Å². The Labute approximate surface area is 106 Å². The minimum atomic E-state index is 0.457. The van der Waals surface area contributed by atoms with Crippen molar-refractivity contribution in [2.75, 3.05) is 14.2 Å². The van der Waals surface area contributed by atoms with Gasteiger partial charge in [-0.2, -0.15) is 5.10 Å². The summed E-state index contributed by atoms with van der Waals surface area (Å²) >= 11 is 0. The fourth-order valence-electron chi connectivity index (χ4n) is 1.81. The van der Waals surface area contributed by atoms with Crippen LogP contribution >= 0.6 is 0 Å². The van der Waals surface area contributed by atoms with Crippen molar-refractivity contribution >= 4 is 0 Å². The second-order valence-corrected chi connectivity index (χ2v) is 4.09.